The van der Waals surface area contributed by atoms with Gasteiger partial charge in [0.25, 0.3) is 0 Å². The number of fused-ring (bicyclic) bond motifs is 1. The highest BCUT2D eigenvalue weighted by molar-refractivity contribution is 5.91. The summed E-state index contributed by atoms with van der Waals surface area (Å²) < 4.78 is 0. The Morgan fingerprint density at radius 3 is 2.43 bits per heavy atom. The second kappa shape index (κ2) is 6.39. The largest absolute Gasteiger partial charge is 0.480 e. The topological polar surface area (TPSA) is 66.4 Å². The van der Waals surface area contributed by atoms with E-state index in [1.54, 1.807) is 13.8 Å². The Kier molecular flexibility index (Phi) is 4.58. The van der Waals surface area contributed by atoms with E-state index < -0.39 is 12.0 Å². The van der Waals surface area contributed by atoms with Crippen LogP contribution < -0.4 is 5.32 Å². The van der Waals surface area contributed by atoms with E-state index in [2.05, 4.69) is 5.32 Å². The molecule has 0 radical (unpaired) electrons. The molecule has 2 rings (SSSR count). The predicted molar refractivity (Wildman–Crippen MR) is 82.1 cm³/mol. The van der Waals surface area contributed by atoms with Crippen LogP contribution in [0.1, 0.15) is 19.4 Å². The summed E-state index contributed by atoms with van der Waals surface area (Å²) in [6, 6.07) is 12.8. The highest BCUT2D eigenvalue weighted by atomic mass is 16.4. The molecule has 0 aliphatic rings. The lowest BCUT2D eigenvalue weighted by atomic mass is 10.0. The normalized spacial score (nSPS) is 12.3. The van der Waals surface area contributed by atoms with Gasteiger partial charge in [-0.05, 0) is 22.3 Å². The number of carbonyl (C=O) groups excluding carboxylic acids is 1. The fraction of sp³-hybridized carbons (Fsp3) is 0.294. The van der Waals surface area contributed by atoms with Gasteiger partial charge in [0.15, 0.2) is 0 Å². The summed E-state index contributed by atoms with van der Waals surface area (Å²) in [5.41, 5.74) is 0.901. The van der Waals surface area contributed by atoms with E-state index in [4.69, 9.17) is 5.11 Å². The number of rotatable bonds is 5. The number of carbonyl (C=O) groups is 2. The summed E-state index contributed by atoms with van der Waals surface area (Å²) in [7, 11) is 0. The molecule has 21 heavy (non-hydrogen) atoms. The third-order valence-electron chi connectivity index (χ3n) is 3.48. The number of hydrogen-bond donors (Lipinski definition) is 2. The molecular formula is C17H19NO3. The number of carboxylic acids is 1. The second-order valence-electron chi connectivity index (χ2n) is 5.44. The smallest absolute Gasteiger partial charge is 0.326 e. The van der Waals surface area contributed by atoms with Crippen LogP contribution in [0.3, 0.4) is 0 Å². The molecule has 0 fully saturated rings. The average Bonchev–Trinajstić information content (AvgIpc) is 2.44. The van der Waals surface area contributed by atoms with Gasteiger partial charge in [-0.2, -0.15) is 0 Å². The second-order valence-corrected chi connectivity index (χ2v) is 5.44. The zero-order chi connectivity index (χ0) is 15.4. The van der Waals surface area contributed by atoms with Gasteiger partial charge in [-0.15, -0.1) is 0 Å². The van der Waals surface area contributed by atoms with Gasteiger partial charge in [0.05, 0.1) is 6.42 Å². The van der Waals surface area contributed by atoms with Crippen molar-refractivity contribution in [2.24, 2.45) is 5.92 Å². The molecule has 0 heterocycles. The van der Waals surface area contributed by atoms with E-state index in [9.17, 15) is 9.59 Å². The van der Waals surface area contributed by atoms with Crippen molar-refractivity contribution in [2.45, 2.75) is 26.3 Å². The summed E-state index contributed by atoms with van der Waals surface area (Å²) in [5.74, 6) is -1.43. The van der Waals surface area contributed by atoms with Gasteiger partial charge < -0.3 is 10.4 Å². The molecule has 0 saturated carbocycles. The molecule has 4 heteroatoms. The Bertz CT molecular complexity index is 659. The standard InChI is InChI=1S/C17H19NO3/c1-11(2)16(17(20)21)18-15(19)10-13-8-5-7-12-6-3-4-9-14(12)13/h3-9,11,16H,10H2,1-2H3,(H,18,19)(H,20,21)/t16-/m1/s1. The summed E-state index contributed by atoms with van der Waals surface area (Å²) in [5, 5.41) is 13.8. The molecule has 4 nitrogen and oxygen atoms in total. The van der Waals surface area contributed by atoms with Gasteiger partial charge >= 0.3 is 5.97 Å². The van der Waals surface area contributed by atoms with Crippen LogP contribution in [-0.2, 0) is 16.0 Å². The van der Waals surface area contributed by atoms with Crippen molar-refractivity contribution >= 4 is 22.6 Å². The molecule has 2 aromatic carbocycles. The Balaban J connectivity index is 2.17. The molecular weight excluding hydrogens is 266 g/mol. The first-order chi connectivity index (χ1) is 9.99. The van der Waals surface area contributed by atoms with Gasteiger partial charge in [-0.3, -0.25) is 4.79 Å². The third kappa shape index (κ3) is 3.60. The molecule has 2 N–H and O–H groups in total. The molecule has 110 valence electrons. The summed E-state index contributed by atoms with van der Waals surface area (Å²) in [4.78, 5) is 23.2. The van der Waals surface area contributed by atoms with E-state index in [0.717, 1.165) is 16.3 Å². The highest BCUT2D eigenvalue weighted by Crippen LogP contribution is 2.19. The van der Waals surface area contributed by atoms with Gasteiger partial charge in [-0.25, -0.2) is 4.79 Å². The van der Waals surface area contributed by atoms with E-state index in [1.807, 2.05) is 42.5 Å². The Labute approximate surface area is 123 Å². The monoisotopic (exact) mass is 285 g/mol. The van der Waals surface area contributed by atoms with Crippen LogP contribution in [0.4, 0.5) is 0 Å². The molecule has 0 bridgehead atoms. The number of nitrogens with one attached hydrogen (secondary N) is 1. The minimum Gasteiger partial charge on any atom is -0.480 e. The molecule has 0 saturated heterocycles. The lowest BCUT2D eigenvalue weighted by molar-refractivity contribution is -0.143. The summed E-state index contributed by atoms with van der Waals surface area (Å²) >= 11 is 0. The maximum atomic E-state index is 12.1. The van der Waals surface area contributed by atoms with Gasteiger partial charge in [-0.1, -0.05) is 56.3 Å². The van der Waals surface area contributed by atoms with Crippen molar-refractivity contribution in [2.75, 3.05) is 0 Å². The van der Waals surface area contributed by atoms with E-state index in [-0.39, 0.29) is 18.2 Å². The first-order valence-electron chi connectivity index (χ1n) is 6.98. The molecule has 0 aromatic heterocycles. The third-order valence-corrected chi connectivity index (χ3v) is 3.48. The molecule has 0 aliphatic heterocycles. The van der Waals surface area contributed by atoms with Gasteiger partial charge in [0.1, 0.15) is 6.04 Å². The Morgan fingerprint density at radius 1 is 1.10 bits per heavy atom. The van der Waals surface area contributed by atoms with Crippen molar-refractivity contribution in [1.29, 1.82) is 0 Å². The number of hydrogen-bond acceptors (Lipinski definition) is 2. The van der Waals surface area contributed by atoms with Crippen LogP contribution in [0.5, 0.6) is 0 Å². The maximum absolute atomic E-state index is 12.1. The highest BCUT2D eigenvalue weighted by Gasteiger charge is 2.23. The molecule has 0 spiro atoms. The lowest BCUT2D eigenvalue weighted by Gasteiger charge is -2.18. The fourth-order valence-electron chi connectivity index (χ4n) is 2.36. The number of amides is 1. The SMILES string of the molecule is CC(C)[C@@H](NC(=O)Cc1cccc2ccccc12)C(=O)O. The molecule has 0 unspecified atom stereocenters. The van der Waals surface area contributed by atoms with Crippen molar-refractivity contribution in [3.63, 3.8) is 0 Å². The zero-order valence-electron chi connectivity index (χ0n) is 12.2. The van der Waals surface area contributed by atoms with E-state index >= 15 is 0 Å². The van der Waals surface area contributed by atoms with Crippen molar-refractivity contribution in [3.8, 4) is 0 Å². The average molecular weight is 285 g/mol. The Hall–Kier alpha value is -2.36. The van der Waals surface area contributed by atoms with Gasteiger partial charge in [0, 0.05) is 0 Å². The number of carboxylic acid groups (broad SMARTS) is 1. The van der Waals surface area contributed by atoms with Crippen molar-refractivity contribution < 1.29 is 14.7 Å². The van der Waals surface area contributed by atoms with Crippen LogP contribution in [-0.4, -0.2) is 23.0 Å². The number of aliphatic carboxylic acids is 1. The van der Waals surface area contributed by atoms with Crippen LogP contribution in [0.15, 0.2) is 42.5 Å². The lowest BCUT2D eigenvalue weighted by Crippen LogP contribution is -2.44. The number of benzene rings is 2. The molecule has 2 aromatic rings. The molecule has 0 aliphatic carbocycles. The van der Waals surface area contributed by atoms with Gasteiger partial charge in [0.2, 0.25) is 5.91 Å². The van der Waals surface area contributed by atoms with Crippen LogP contribution >= 0.6 is 0 Å². The van der Waals surface area contributed by atoms with Crippen molar-refractivity contribution in [3.05, 3.63) is 48.0 Å². The Morgan fingerprint density at radius 2 is 1.76 bits per heavy atom. The quantitative estimate of drug-likeness (QED) is 0.887. The van der Waals surface area contributed by atoms with E-state index in [0.29, 0.717) is 0 Å². The first-order valence-corrected chi connectivity index (χ1v) is 6.98. The minimum atomic E-state index is -1.00. The van der Waals surface area contributed by atoms with E-state index in [1.165, 1.54) is 0 Å². The summed E-state index contributed by atoms with van der Waals surface area (Å²) in [6.45, 7) is 3.55. The predicted octanol–water partition coefficient (Wildman–Crippen LogP) is 2.61. The zero-order valence-corrected chi connectivity index (χ0v) is 12.2. The van der Waals surface area contributed by atoms with Crippen LogP contribution in [0.2, 0.25) is 0 Å². The molecule has 1 atom stereocenters. The van der Waals surface area contributed by atoms with Crippen LogP contribution in [0, 0.1) is 5.92 Å². The maximum Gasteiger partial charge on any atom is 0.326 e. The minimum absolute atomic E-state index is 0.154. The fourth-order valence-corrected chi connectivity index (χ4v) is 2.36. The summed E-state index contributed by atoms with van der Waals surface area (Å²) in [6.07, 6.45) is 0.178. The van der Waals surface area contributed by atoms with Crippen LogP contribution in [0.25, 0.3) is 10.8 Å². The molecule has 1 amide bonds. The first kappa shape index (κ1) is 15.0. The van der Waals surface area contributed by atoms with Crippen molar-refractivity contribution in [1.82, 2.24) is 5.32 Å².